The summed E-state index contributed by atoms with van der Waals surface area (Å²) in [6.45, 7) is 0.743. The first-order chi connectivity index (χ1) is 8.22. The zero-order valence-electron chi connectivity index (χ0n) is 9.90. The van der Waals surface area contributed by atoms with E-state index in [1.54, 1.807) is 31.3 Å². The normalized spacial score (nSPS) is 13.8. The number of β-amino-alcohol motifs (C(OH)–C–C–N with tert-alkyl or cyclic N) is 1. The molecule has 0 unspecified atom stereocenters. The molecule has 0 aliphatic carbocycles. The molecule has 1 heterocycles. The van der Waals surface area contributed by atoms with Gasteiger partial charge >= 0.3 is 0 Å². The molecule has 0 radical (unpaired) electrons. The summed E-state index contributed by atoms with van der Waals surface area (Å²) in [6, 6.07) is 3.45. The van der Waals surface area contributed by atoms with Gasteiger partial charge in [0, 0.05) is 17.7 Å². The van der Waals surface area contributed by atoms with Gasteiger partial charge in [0.15, 0.2) is 11.5 Å². The van der Waals surface area contributed by atoms with Gasteiger partial charge in [0.25, 0.3) is 5.91 Å². The van der Waals surface area contributed by atoms with Crippen LogP contribution in [0, 0.1) is 0 Å². The van der Waals surface area contributed by atoms with Crippen molar-refractivity contribution < 1.29 is 19.4 Å². The lowest BCUT2D eigenvalue weighted by Crippen LogP contribution is -2.26. The van der Waals surface area contributed by atoms with Crippen LogP contribution in [0.15, 0.2) is 12.1 Å². The Bertz CT molecular complexity index is 444. The number of carbonyl (C=O) groups is 1. The number of carbonyl (C=O) groups excluding carboxylic acids is 1. The Morgan fingerprint density at radius 3 is 2.71 bits per heavy atom. The molecule has 0 aromatic heterocycles. The second-order valence-electron chi connectivity index (χ2n) is 3.78. The fourth-order valence-corrected chi connectivity index (χ4v) is 2.08. The number of rotatable bonds is 4. The van der Waals surface area contributed by atoms with Crippen LogP contribution < -0.4 is 9.47 Å². The molecule has 0 fully saturated rings. The summed E-state index contributed by atoms with van der Waals surface area (Å²) in [7, 11) is 3.11. The van der Waals surface area contributed by atoms with E-state index in [1.807, 2.05) is 0 Å². The van der Waals surface area contributed by atoms with Crippen LogP contribution in [0.5, 0.6) is 11.5 Å². The van der Waals surface area contributed by atoms with E-state index < -0.39 is 0 Å². The van der Waals surface area contributed by atoms with E-state index in [9.17, 15) is 4.79 Å². The van der Waals surface area contributed by atoms with Crippen molar-refractivity contribution in [2.45, 2.75) is 6.54 Å². The van der Waals surface area contributed by atoms with Gasteiger partial charge in [-0.15, -0.1) is 0 Å². The molecule has 0 bridgehead atoms. The molecule has 17 heavy (non-hydrogen) atoms. The van der Waals surface area contributed by atoms with Crippen molar-refractivity contribution in [2.75, 3.05) is 27.4 Å². The number of methoxy groups -OCH3 is 2. The first-order valence-corrected chi connectivity index (χ1v) is 5.37. The molecule has 1 amide bonds. The highest BCUT2D eigenvalue weighted by molar-refractivity contribution is 5.99. The zero-order valence-corrected chi connectivity index (χ0v) is 9.90. The van der Waals surface area contributed by atoms with Crippen molar-refractivity contribution in [3.8, 4) is 11.5 Å². The van der Waals surface area contributed by atoms with Crippen LogP contribution in [-0.2, 0) is 6.54 Å². The van der Waals surface area contributed by atoms with E-state index in [0.29, 0.717) is 30.2 Å². The van der Waals surface area contributed by atoms with Gasteiger partial charge in [0.05, 0.1) is 27.4 Å². The van der Waals surface area contributed by atoms with Gasteiger partial charge in [-0.1, -0.05) is 0 Å². The molecule has 0 saturated carbocycles. The van der Waals surface area contributed by atoms with Gasteiger partial charge in [0.2, 0.25) is 0 Å². The third-order valence-electron chi connectivity index (χ3n) is 2.88. The van der Waals surface area contributed by atoms with E-state index in [4.69, 9.17) is 14.6 Å². The fourth-order valence-electron chi connectivity index (χ4n) is 2.08. The third kappa shape index (κ3) is 1.82. The maximum Gasteiger partial charge on any atom is 0.254 e. The van der Waals surface area contributed by atoms with Crippen LogP contribution >= 0.6 is 0 Å². The molecule has 1 aromatic carbocycles. The third-order valence-corrected chi connectivity index (χ3v) is 2.88. The Morgan fingerprint density at radius 2 is 2.12 bits per heavy atom. The van der Waals surface area contributed by atoms with Crippen LogP contribution in [0.1, 0.15) is 15.9 Å². The van der Waals surface area contributed by atoms with Gasteiger partial charge in [0.1, 0.15) is 0 Å². The van der Waals surface area contributed by atoms with Crippen molar-refractivity contribution in [3.05, 3.63) is 23.3 Å². The van der Waals surface area contributed by atoms with Crippen molar-refractivity contribution >= 4 is 5.91 Å². The summed E-state index contributed by atoms with van der Waals surface area (Å²) in [5.74, 6) is 1.14. The fraction of sp³-hybridized carbons (Fsp3) is 0.417. The van der Waals surface area contributed by atoms with Crippen molar-refractivity contribution in [2.24, 2.45) is 0 Å². The van der Waals surface area contributed by atoms with Gasteiger partial charge in [-0.2, -0.15) is 0 Å². The molecule has 1 aliphatic rings. The number of aliphatic hydroxyl groups is 1. The predicted molar refractivity (Wildman–Crippen MR) is 61.4 cm³/mol. The Morgan fingerprint density at radius 1 is 1.35 bits per heavy atom. The molecule has 1 N–H and O–H groups in total. The number of amides is 1. The number of benzene rings is 1. The lowest BCUT2D eigenvalue weighted by molar-refractivity contribution is 0.0745. The Kier molecular flexibility index (Phi) is 3.19. The van der Waals surface area contributed by atoms with E-state index in [0.717, 1.165) is 5.56 Å². The summed E-state index contributed by atoms with van der Waals surface area (Å²) in [5.41, 5.74) is 1.45. The highest BCUT2D eigenvalue weighted by atomic mass is 16.5. The average Bonchev–Trinajstić information content (AvgIpc) is 2.66. The summed E-state index contributed by atoms with van der Waals surface area (Å²) >= 11 is 0. The van der Waals surface area contributed by atoms with Gasteiger partial charge in [-0.3, -0.25) is 4.79 Å². The summed E-state index contributed by atoms with van der Waals surface area (Å²) < 4.78 is 10.5. The topological polar surface area (TPSA) is 59.0 Å². The number of nitrogens with zero attached hydrogens (tertiary/aromatic N) is 1. The second kappa shape index (κ2) is 4.63. The van der Waals surface area contributed by atoms with Crippen LogP contribution in [0.3, 0.4) is 0 Å². The first kappa shape index (κ1) is 11.7. The van der Waals surface area contributed by atoms with E-state index in [2.05, 4.69) is 0 Å². The van der Waals surface area contributed by atoms with E-state index in [-0.39, 0.29) is 12.5 Å². The number of hydrogen-bond donors (Lipinski definition) is 1. The van der Waals surface area contributed by atoms with Crippen molar-refractivity contribution in [3.63, 3.8) is 0 Å². The van der Waals surface area contributed by atoms with Gasteiger partial charge < -0.3 is 19.5 Å². The van der Waals surface area contributed by atoms with E-state index >= 15 is 0 Å². The minimum absolute atomic E-state index is 0.0425. The molecule has 1 aliphatic heterocycles. The van der Waals surface area contributed by atoms with Gasteiger partial charge in [-0.25, -0.2) is 0 Å². The van der Waals surface area contributed by atoms with Crippen LogP contribution in [-0.4, -0.2) is 43.3 Å². The molecule has 1 aromatic rings. The molecule has 0 spiro atoms. The second-order valence-corrected chi connectivity index (χ2v) is 3.78. The highest BCUT2D eigenvalue weighted by Gasteiger charge is 2.31. The smallest absolute Gasteiger partial charge is 0.254 e. The minimum Gasteiger partial charge on any atom is -0.493 e. The lowest BCUT2D eigenvalue weighted by Gasteiger charge is -2.13. The van der Waals surface area contributed by atoms with Crippen LogP contribution in [0.4, 0.5) is 0 Å². The highest BCUT2D eigenvalue weighted by Crippen LogP contribution is 2.37. The first-order valence-electron chi connectivity index (χ1n) is 5.37. The predicted octanol–water partition coefficient (Wildman–Crippen LogP) is 0.652. The quantitative estimate of drug-likeness (QED) is 0.835. The van der Waals surface area contributed by atoms with E-state index in [1.165, 1.54) is 0 Å². The molecule has 92 valence electrons. The standard InChI is InChI=1S/C12H15NO4/c1-16-10-4-3-8-9(11(10)17-2)7-13(5-6-14)12(8)15/h3-4,14H,5-7H2,1-2H3. The summed E-state index contributed by atoms with van der Waals surface area (Å²) in [6.07, 6.45) is 0. The minimum atomic E-state index is -0.0741. The summed E-state index contributed by atoms with van der Waals surface area (Å²) in [4.78, 5) is 13.6. The molecule has 5 nitrogen and oxygen atoms in total. The Hall–Kier alpha value is -1.75. The average molecular weight is 237 g/mol. The Labute approximate surface area is 99.6 Å². The number of fused-ring (bicyclic) bond motifs is 1. The maximum atomic E-state index is 12.0. The van der Waals surface area contributed by atoms with Gasteiger partial charge in [-0.05, 0) is 12.1 Å². The summed E-state index contributed by atoms with van der Waals surface area (Å²) in [5, 5.41) is 8.90. The molecule has 0 atom stereocenters. The van der Waals surface area contributed by atoms with Crippen LogP contribution in [0.25, 0.3) is 0 Å². The monoisotopic (exact) mass is 237 g/mol. The molecular weight excluding hydrogens is 222 g/mol. The molecule has 2 rings (SSSR count). The maximum absolute atomic E-state index is 12.0. The van der Waals surface area contributed by atoms with Crippen LogP contribution in [0.2, 0.25) is 0 Å². The number of hydrogen-bond acceptors (Lipinski definition) is 4. The lowest BCUT2D eigenvalue weighted by atomic mass is 10.1. The Balaban J connectivity index is 2.43. The molecule has 5 heteroatoms. The van der Waals surface area contributed by atoms with Crippen molar-refractivity contribution in [1.82, 2.24) is 4.90 Å². The SMILES string of the molecule is COc1ccc2c(c1OC)CN(CCO)C2=O. The number of ether oxygens (including phenoxy) is 2. The zero-order chi connectivity index (χ0) is 12.4. The largest absolute Gasteiger partial charge is 0.493 e. The molecular formula is C12H15NO4. The number of aliphatic hydroxyl groups excluding tert-OH is 1. The van der Waals surface area contributed by atoms with Crippen molar-refractivity contribution in [1.29, 1.82) is 0 Å². The molecule has 0 saturated heterocycles.